The van der Waals surface area contributed by atoms with Crippen molar-refractivity contribution in [2.75, 3.05) is 26.2 Å². The molecule has 0 spiro atoms. The topological polar surface area (TPSA) is 101 Å². The molecule has 1 aliphatic carbocycles. The van der Waals surface area contributed by atoms with Crippen molar-refractivity contribution < 1.29 is 18.1 Å². The van der Waals surface area contributed by atoms with E-state index in [4.69, 9.17) is 0 Å². The number of nitro benzene ring substituents is 1. The molecule has 0 bridgehead atoms. The molecule has 0 N–H and O–H groups in total. The summed E-state index contributed by atoms with van der Waals surface area (Å²) >= 11 is 0. The Morgan fingerprint density at radius 2 is 1.47 bits per heavy atom. The molecule has 1 saturated carbocycles. The molecule has 0 unspecified atom stereocenters. The number of nitrogens with zero attached hydrogens (tertiary/aromatic N) is 3. The van der Waals surface area contributed by atoms with E-state index in [1.54, 1.807) is 17.0 Å². The summed E-state index contributed by atoms with van der Waals surface area (Å²) in [5, 5.41) is 10.8. The smallest absolute Gasteiger partial charge is 0.269 e. The van der Waals surface area contributed by atoms with Crippen LogP contribution in [0.1, 0.15) is 53.9 Å². The number of hydrogen-bond acceptors (Lipinski definition) is 5. The van der Waals surface area contributed by atoms with Crippen LogP contribution in [0.4, 0.5) is 5.69 Å². The monoisotopic (exact) mass is 457 g/mol. The first-order valence-electron chi connectivity index (χ1n) is 11.0. The zero-order valence-corrected chi connectivity index (χ0v) is 18.7. The minimum atomic E-state index is -3.62. The first-order valence-corrected chi connectivity index (χ1v) is 12.4. The van der Waals surface area contributed by atoms with Gasteiger partial charge in [-0.15, -0.1) is 0 Å². The first kappa shape index (κ1) is 22.4. The highest BCUT2D eigenvalue weighted by Gasteiger charge is 2.30. The number of non-ortho nitro benzene ring substituents is 1. The van der Waals surface area contributed by atoms with Crippen LogP contribution >= 0.6 is 0 Å². The van der Waals surface area contributed by atoms with Gasteiger partial charge in [0.2, 0.25) is 10.0 Å². The predicted octanol–water partition coefficient (Wildman–Crippen LogP) is 3.79. The summed E-state index contributed by atoms with van der Waals surface area (Å²) in [6.07, 6.45) is 6.07. The van der Waals surface area contributed by atoms with Crippen LogP contribution < -0.4 is 0 Å². The van der Waals surface area contributed by atoms with Crippen LogP contribution in [0.25, 0.3) is 0 Å². The van der Waals surface area contributed by atoms with E-state index < -0.39 is 14.9 Å². The van der Waals surface area contributed by atoms with Crippen LogP contribution in [-0.2, 0) is 10.0 Å². The lowest BCUT2D eigenvalue weighted by Gasteiger charge is -2.34. The summed E-state index contributed by atoms with van der Waals surface area (Å²) in [5.74, 6) is 0.267. The third-order valence-corrected chi connectivity index (χ3v) is 8.36. The molecule has 1 aliphatic heterocycles. The Morgan fingerprint density at radius 3 is 2.03 bits per heavy atom. The quantitative estimate of drug-likeness (QED) is 0.502. The maximum atomic E-state index is 13.1. The zero-order chi connectivity index (χ0) is 22.7. The van der Waals surface area contributed by atoms with Crippen molar-refractivity contribution in [3.05, 3.63) is 69.8 Å². The van der Waals surface area contributed by atoms with E-state index in [0.717, 1.165) is 12.8 Å². The first-order chi connectivity index (χ1) is 15.4. The summed E-state index contributed by atoms with van der Waals surface area (Å²) in [7, 11) is -3.62. The van der Waals surface area contributed by atoms with Crippen molar-refractivity contribution in [2.45, 2.75) is 42.9 Å². The maximum Gasteiger partial charge on any atom is 0.269 e. The molecule has 8 nitrogen and oxygen atoms in total. The molecule has 2 aromatic rings. The fourth-order valence-electron chi connectivity index (χ4n) is 4.54. The molecule has 1 amide bonds. The standard InChI is InChI=1S/C23H27N3O5S/c27-23(20-6-10-21(11-7-20)26(28)29)24-14-16-25(17-15-24)32(30,31)22-12-8-19(9-13-22)18-4-2-1-3-5-18/h6-13,18H,1-5,14-17H2. The van der Waals surface area contributed by atoms with Gasteiger partial charge in [0.15, 0.2) is 0 Å². The van der Waals surface area contributed by atoms with E-state index in [0.29, 0.717) is 11.5 Å². The molecule has 4 rings (SSSR count). The highest BCUT2D eigenvalue weighted by atomic mass is 32.2. The maximum absolute atomic E-state index is 13.1. The second-order valence-electron chi connectivity index (χ2n) is 8.40. The third-order valence-electron chi connectivity index (χ3n) is 6.45. The molecule has 0 aromatic heterocycles. The molecule has 2 aliphatic rings. The number of carbonyl (C=O) groups is 1. The Hall–Kier alpha value is -2.78. The van der Waals surface area contributed by atoms with E-state index >= 15 is 0 Å². The molecule has 0 atom stereocenters. The van der Waals surface area contributed by atoms with Crippen LogP contribution in [0.15, 0.2) is 53.4 Å². The minimum absolute atomic E-state index is 0.0769. The number of hydrogen-bond donors (Lipinski definition) is 0. The largest absolute Gasteiger partial charge is 0.336 e. The molecular weight excluding hydrogens is 430 g/mol. The molecule has 1 heterocycles. The summed E-state index contributed by atoms with van der Waals surface area (Å²) in [6, 6.07) is 12.7. The third kappa shape index (κ3) is 4.68. The van der Waals surface area contributed by atoms with Crippen molar-refractivity contribution in [1.29, 1.82) is 0 Å². The van der Waals surface area contributed by atoms with Crippen molar-refractivity contribution in [2.24, 2.45) is 0 Å². The average molecular weight is 458 g/mol. The lowest BCUT2D eigenvalue weighted by Crippen LogP contribution is -2.50. The fourth-order valence-corrected chi connectivity index (χ4v) is 5.96. The molecule has 2 aromatic carbocycles. The van der Waals surface area contributed by atoms with Gasteiger partial charge in [0.25, 0.3) is 11.6 Å². The van der Waals surface area contributed by atoms with E-state index in [1.807, 2.05) is 12.1 Å². The van der Waals surface area contributed by atoms with E-state index in [2.05, 4.69) is 0 Å². The molecule has 0 radical (unpaired) electrons. The van der Waals surface area contributed by atoms with Gasteiger partial charge in [-0.25, -0.2) is 8.42 Å². The lowest BCUT2D eigenvalue weighted by molar-refractivity contribution is -0.384. The second kappa shape index (κ2) is 9.38. The molecule has 2 fully saturated rings. The van der Waals surface area contributed by atoms with Crippen molar-refractivity contribution in [3.63, 3.8) is 0 Å². The number of amides is 1. The molecule has 32 heavy (non-hydrogen) atoms. The van der Waals surface area contributed by atoms with Gasteiger partial charge in [-0.2, -0.15) is 4.31 Å². The van der Waals surface area contributed by atoms with Crippen molar-refractivity contribution >= 4 is 21.6 Å². The highest BCUT2D eigenvalue weighted by molar-refractivity contribution is 7.89. The normalized spacial score (nSPS) is 18.4. The Labute approximate surface area is 188 Å². The van der Waals surface area contributed by atoms with Crippen LogP contribution in [0.2, 0.25) is 0 Å². The van der Waals surface area contributed by atoms with Crippen molar-refractivity contribution in [3.8, 4) is 0 Å². The number of nitro groups is 1. The number of sulfonamides is 1. The average Bonchev–Trinajstić information content (AvgIpc) is 2.84. The summed E-state index contributed by atoms with van der Waals surface area (Å²) in [5.41, 5.74) is 1.49. The van der Waals surface area contributed by atoms with Gasteiger partial charge in [0, 0.05) is 43.9 Å². The van der Waals surface area contributed by atoms with Gasteiger partial charge in [0.05, 0.1) is 9.82 Å². The van der Waals surface area contributed by atoms with Gasteiger partial charge in [0.1, 0.15) is 0 Å². The number of rotatable bonds is 5. The number of benzene rings is 2. The van der Waals surface area contributed by atoms with Crippen LogP contribution in [0, 0.1) is 10.1 Å². The summed E-state index contributed by atoms with van der Waals surface area (Å²) in [6.45, 7) is 0.973. The lowest BCUT2D eigenvalue weighted by atomic mass is 9.84. The molecular formula is C23H27N3O5S. The van der Waals surface area contributed by atoms with E-state index in [-0.39, 0.29) is 42.7 Å². The second-order valence-corrected chi connectivity index (χ2v) is 10.3. The Kier molecular flexibility index (Phi) is 6.57. The van der Waals surface area contributed by atoms with Gasteiger partial charge < -0.3 is 4.90 Å². The van der Waals surface area contributed by atoms with Crippen LogP contribution in [-0.4, -0.2) is 54.6 Å². The zero-order valence-electron chi connectivity index (χ0n) is 17.9. The minimum Gasteiger partial charge on any atom is -0.336 e. The Bertz CT molecular complexity index is 1070. The highest BCUT2D eigenvalue weighted by Crippen LogP contribution is 2.33. The van der Waals surface area contributed by atoms with Gasteiger partial charge in [-0.3, -0.25) is 14.9 Å². The SMILES string of the molecule is O=C(c1ccc([N+](=O)[O-])cc1)N1CCN(S(=O)(=O)c2ccc(C3CCCCC3)cc2)CC1. The Morgan fingerprint density at radius 1 is 0.875 bits per heavy atom. The fraction of sp³-hybridized carbons (Fsp3) is 0.435. The number of piperazine rings is 1. The molecule has 170 valence electrons. The summed E-state index contributed by atoms with van der Waals surface area (Å²) < 4.78 is 27.6. The van der Waals surface area contributed by atoms with Gasteiger partial charge >= 0.3 is 0 Å². The molecule has 9 heteroatoms. The Balaban J connectivity index is 1.38. The van der Waals surface area contributed by atoms with E-state index in [9.17, 15) is 23.3 Å². The van der Waals surface area contributed by atoms with Crippen LogP contribution in [0.3, 0.4) is 0 Å². The van der Waals surface area contributed by atoms with Gasteiger partial charge in [-0.1, -0.05) is 31.4 Å². The predicted molar refractivity (Wildman–Crippen MR) is 120 cm³/mol. The van der Waals surface area contributed by atoms with Crippen molar-refractivity contribution in [1.82, 2.24) is 9.21 Å². The van der Waals surface area contributed by atoms with E-state index in [1.165, 1.54) is 53.4 Å². The van der Waals surface area contributed by atoms with Crippen LogP contribution in [0.5, 0.6) is 0 Å². The number of carbonyl (C=O) groups excluding carboxylic acids is 1. The van der Waals surface area contributed by atoms with Gasteiger partial charge in [-0.05, 0) is 48.6 Å². The molecule has 1 saturated heterocycles. The summed E-state index contributed by atoms with van der Waals surface area (Å²) in [4.78, 5) is 24.8.